The van der Waals surface area contributed by atoms with Crippen LogP contribution in [-0.2, 0) is 14.8 Å². The molecule has 1 aliphatic heterocycles. The zero-order chi connectivity index (χ0) is 14.7. The van der Waals surface area contributed by atoms with Gasteiger partial charge in [-0.15, -0.1) is 0 Å². The number of rotatable bonds is 6. The molecule has 5 nitrogen and oxygen atoms in total. The molecular weight excluding hydrogens is 264 g/mol. The van der Waals surface area contributed by atoms with E-state index in [9.17, 15) is 8.42 Å². The average molecular weight is 292 g/mol. The van der Waals surface area contributed by atoms with Crippen LogP contribution in [0.4, 0.5) is 0 Å². The number of ether oxygens (including phenoxy) is 1. The lowest BCUT2D eigenvalue weighted by molar-refractivity contribution is -0.0248. The summed E-state index contributed by atoms with van der Waals surface area (Å²) in [6.07, 6.45) is 3.47. The second-order valence-electron chi connectivity index (χ2n) is 6.51. The van der Waals surface area contributed by atoms with Crippen LogP contribution < -0.4 is 10.0 Å². The van der Waals surface area contributed by atoms with E-state index in [4.69, 9.17) is 4.74 Å². The Balaban J connectivity index is 2.43. The van der Waals surface area contributed by atoms with E-state index in [-0.39, 0.29) is 0 Å². The highest BCUT2D eigenvalue weighted by molar-refractivity contribution is 7.88. The molecular formula is C13H28N2O3S. The Labute approximate surface area is 117 Å². The molecule has 0 aliphatic carbocycles. The topological polar surface area (TPSA) is 67.4 Å². The molecule has 1 heterocycles. The Morgan fingerprint density at radius 1 is 1.37 bits per heavy atom. The van der Waals surface area contributed by atoms with Crippen LogP contribution in [0.3, 0.4) is 0 Å². The number of hydrogen-bond acceptors (Lipinski definition) is 4. The van der Waals surface area contributed by atoms with E-state index in [1.165, 1.54) is 6.26 Å². The molecule has 1 rings (SSSR count). The molecule has 6 heteroatoms. The van der Waals surface area contributed by atoms with Gasteiger partial charge in [-0.05, 0) is 32.6 Å². The standard InChI is InChI=1S/C13H28N2O3S/c1-10(2)12-8-11(6-7-18-12)14-9-13(3,4)15-19(5,16)17/h10-12,14-15H,6-9H2,1-5H3. The van der Waals surface area contributed by atoms with Crippen molar-refractivity contribution in [3.63, 3.8) is 0 Å². The molecule has 1 aliphatic rings. The lowest BCUT2D eigenvalue weighted by Crippen LogP contribution is -2.53. The normalized spacial score (nSPS) is 25.8. The molecule has 0 aromatic rings. The number of sulfonamides is 1. The van der Waals surface area contributed by atoms with Gasteiger partial charge in [-0.2, -0.15) is 0 Å². The Bertz CT molecular complexity index is 379. The monoisotopic (exact) mass is 292 g/mol. The van der Waals surface area contributed by atoms with E-state index < -0.39 is 15.6 Å². The maximum atomic E-state index is 11.3. The van der Waals surface area contributed by atoms with Gasteiger partial charge in [-0.25, -0.2) is 13.1 Å². The van der Waals surface area contributed by atoms with Crippen LogP contribution in [0.2, 0.25) is 0 Å². The lowest BCUT2D eigenvalue weighted by atomic mass is 9.94. The number of nitrogens with one attached hydrogen (secondary N) is 2. The van der Waals surface area contributed by atoms with Crippen molar-refractivity contribution in [2.75, 3.05) is 19.4 Å². The van der Waals surface area contributed by atoms with E-state index in [0.29, 0.717) is 24.6 Å². The van der Waals surface area contributed by atoms with Crippen molar-refractivity contribution < 1.29 is 13.2 Å². The highest BCUT2D eigenvalue weighted by atomic mass is 32.2. The number of hydrogen-bond donors (Lipinski definition) is 2. The quantitative estimate of drug-likeness (QED) is 0.769. The van der Waals surface area contributed by atoms with Crippen molar-refractivity contribution in [1.82, 2.24) is 10.0 Å². The molecule has 0 spiro atoms. The van der Waals surface area contributed by atoms with Crippen LogP contribution in [0.1, 0.15) is 40.5 Å². The van der Waals surface area contributed by atoms with Crippen molar-refractivity contribution in [1.29, 1.82) is 0 Å². The third-order valence-electron chi connectivity index (χ3n) is 3.35. The Hall–Kier alpha value is -0.170. The summed E-state index contributed by atoms with van der Waals surface area (Å²) in [6, 6.07) is 0.404. The van der Waals surface area contributed by atoms with Crippen molar-refractivity contribution in [2.24, 2.45) is 5.92 Å². The molecule has 114 valence electrons. The summed E-state index contributed by atoms with van der Waals surface area (Å²) in [5.41, 5.74) is -0.473. The van der Waals surface area contributed by atoms with Gasteiger partial charge in [0.05, 0.1) is 12.4 Å². The van der Waals surface area contributed by atoms with Crippen molar-refractivity contribution in [3.8, 4) is 0 Å². The zero-order valence-corrected chi connectivity index (χ0v) is 13.5. The molecule has 1 saturated heterocycles. The Morgan fingerprint density at radius 2 is 2.00 bits per heavy atom. The van der Waals surface area contributed by atoms with Gasteiger partial charge in [0.1, 0.15) is 0 Å². The Morgan fingerprint density at radius 3 is 2.53 bits per heavy atom. The Kier molecular flexibility index (Phi) is 5.79. The van der Waals surface area contributed by atoms with Gasteiger partial charge < -0.3 is 10.1 Å². The molecule has 2 N–H and O–H groups in total. The fourth-order valence-electron chi connectivity index (χ4n) is 2.42. The first kappa shape index (κ1) is 16.9. The molecule has 0 radical (unpaired) electrons. The summed E-state index contributed by atoms with van der Waals surface area (Å²) >= 11 is 0. The van der Waals surface area contributed by atoms with Crippen LogP contribution in [0.25, 0.3) is 0 Å². The summed E-state index contributed by atoms with van der Waals surface area (Å²) in [5.74, 6) is 0.520. The SMILES string of the molecule is CC(C)C1CC(NCC(C)(C)NS(C)(=O)=O)CCO1. The van der Waals surface area contributed by atoms with Gasteiger partial charge in [-0.1, -0.05) is 13.8 Å². The largest absolute Gasteiger partial charge is 0.378 e. The summed E-state index contributed by atoms with van der Waals surface area (Å²) in [7, 11) is -3.17. The fourth-order valence-corrected chi connectivity index (χ4v) is 3.49. The van der Waals surface area contributed by atoms with E-state index >= 15 is 0 Å². The summed E-state index contributed by atoms with van der Waals surface area (Å²) in [5, 5.41) is 3.46. The zero-order valence-electron chi connectivity index (χ0n) is 12.7. The van der Waals surface area contributed by atoms with Gasteiger partial charge in [0.25, 0.3) is 0 Å². The first-order valence-electron chi connectivity index (χ1n) is 6.93. The average Bonchev–Trinajstić information content (AvgIpc) is 2.24. The van der Waals surface area contributed by atoms with Crippen LogP contribution in [0.5, 0.6) is 0 Å². The maximum absolute atomic E-state index is 11.3. The van der Waals surface area contributed by atoms with E-state index in [1.54, 1.807) is 0 Å². The fraction of sp³-hybridized carbons (Fsp3) is 1.00. The summed E-state index contributed by atoms with van der Waals surface area (Å²) < 4.78 is 30.9. The molecule has 19 heavy (non-hydrogen) atoms. The second-order valence-corrected chi connectivity index (χ2v) is 8.26. The molecule has 2 atom stereocenters. The second kappa shape index (κ2) is 6.52. The summed E-state index contributed by atoms with van der Waals surface area (Å²) in [6.45, 7) is 9.51. The molecule has 0 amide bonds. The first-order chi connectivity index (χ1) is 8.59. The smallest absolute Gasteiger partial charge is 0.209 e. The van der Waals surface area contributed by atoms with Gasteiger partial charge in [0.15, 0.2) is 0 Å². The van der Waals surface area contributed by atoms with Crippen molar-refractivity contribution in [2.45, 2.75) is 58.2 Å². The minimum Gasteiger partial charge on any atom is -0.378 e. The van der Waals surface area contributed by atoms with Crippen LogP contribution in [-0.4, -0.2) is 45.5 Å². The van der Waals surface area contributed by atoms with Crippen LogP contribution in [0, 0.1) is 5.92 Å². The highest BCUT2D eigenvalue weighted by Crippen LogP contribution is 2.20. The molecule has 0 bridgehead atoms. The highest BCUT2D eigenvalue weighted by Gasteiger charge is 2.27. The minimum absolute atomic E-state index is 0.303. The third kappa shape index (κ3) is 6.70. The lowest BCUT2D eigenvalue weighted by Gasteiger charge is -2.35. The molecule has 0 aromatic heterocycles. The molecule has 2 unspecified atom stereocenters. The molecule has 0 saturated carbocycles. The van der Waals surface area contributed by atoms with E-state index in [1.807, 2.05) is 13.8 Å². The molecule has 0 aromatic carbocycles. The van der Waals surface area contributed by atoms with Crippen LogP contribution in [0.15, 0.2) is 0 Å². The van der Waals surface area contributed by atoms with Gasteiger partial charge >= 0.3 is 0 Å². The predicted octanol–water partition coefficient (Wildman–Crippen LogP) is 1.11. The maximum Gasteiger partial charge on any atom is 0.209 e. The van der Waals surface area contributed by atoms with Gasteiger partial charge in [0.2, 0.25) is 10.0 Å². The van der Waals surface area contributed by atoms with E-state index in [0.717, 1.165) is 19.4 Å². The first-order valence-corrected chi connectivity index (χ1v) is 8.82. The summed E-state index contributed by atoms with van der Waals surface area (Å²) in [4.78, 5) is 0. The van der Waals surface area contributed by atoms with Gasteiger partial charge in [0, 0.05) is 24.7 Å². The van der Waals surface area contributed by atoms with Gasteiger partial charge in [-0.3, -0.25) is 0 Å². The van der Waals surface area contributed by atoms with Crippen molar-refractivity contribution in [3.05, 3.63) is 0 Å². The van der Waals surface area contributed by atoms with Crippen LogP contribution >= 0.6 is 0 Å². The molecule has 1 fully saturated rings. The van der Waals surface area contributed by atoms with E-state index in [2.05, 4.69) is 23.9 Å². The predicted molar refractivity (Wildman–Crippen MR) is 77.7 cm³/mol. The van der Waals surface area contributed by atoms with Crippen molar-refractivity contribution >= 4 is 10.0 Å². The minimum atomic E-state index is -3.17. The third-order valence-corrected chi connectivity index (χ3v) is 4.28.